The molecule has 0 aromatic carbocycles. The molecule has 5 rings (SSSR count). The third kappa shape index (κ3) is 1.98. The van der Waals surface area contributed by atoms with Gasteiger partial charge in [0.25, 0.3) is 0 Å². The van der Waals surface area contributed by atoms with E-state index < -0.39 is 5.91 Å². The van der Waals surface area contributed by atoms with E-state index in [4.69, 9.17) is 0 Å². The lowest BCUT2D eigenvalue weighted by Gasteiger charge is -2.38. The Hall–Kier alpha value is -2.09. The van der Waals surface area contributed by atoms with Gasteiger partial charge in [-0.2, -0.15) is 0 Å². The molecule has 3 aliphatic carbocycles. The molecule has 1 N–H and O–H groups in total. The van der Waals surface area contributed by atoms with Gasteiger partial charge in [-0.25, -0.2) is 0 Å². The van der Waals surface area contributed by atoms with Gasteiger partial charge in [0.15, 0.2) is 0 Å². The largest absolute Gasteiger partial charge is 0.299 e. The second-order valence-corrected chi connectivity index (χ2v) is 6.73. The Morgan fingerprint density at radius 2 is 1.86 bits per heavy atom. The van der Waals surface area contributed by atoms with Gasteiger partial charge in [-0.3, -0.25) is 24.6 Å². The van der Waals surface area contributed by atoms with Crippen LogP contribution in [0.3, 0.4) is 0 Å². The first-order valence-electron chi connectivity index (χ1n) is 7.24. The first-order chi connectivity index (χ1) is 10.6. The fourth-order valence-electron chi connectivity index (χ4n) is 3.82. The number of hydrogen-bond donors (Lipinski definition) is 1. The Morgan fingerprint density at radius 3 is 2.36 bits per heavy atom. The highest BCUT2D eigenvalue weighted by Crippen LogP contribution is 2.49. The molecular formula is C14H14N4O3S. The molecule has 4 unspecified atom stereocenters. The van der Waals surface area contributed by atoms with Crippen molar-refractivity contribution in [3.8, 4) is 0 Å². The van der Waals surface area contributed by atoms with E-state index in [1.807, 2.05) is 0 Å². The summed E-state index contributed by atoms with van der Waals surface area (Å²) in [5.74, 6) is -1.10. The lowest BCUT2D eigenvalue weighted by Crippen LogP contribution is -2.38. The number of nitrogens with one attached hydrogen (secondary N) is 1. The Morgan fingerprint density at radius 1 is 1.23 bits per heavy atom. The Kier molecular flexibility index (Phi) is 3.07. The van der Waals surface area contributed by atoms with Crippen molar-refractivity contribution in [2.24, 2.45) is 23.7 Å². The number of carbonyl (C=O) groups excluding carboxylic acids is 3. The van der Waals surface area contributed by atoms with Gasteiger partial charge < -0.3 is 0 Å². The summed E-state index contributed by atoms with van der Waals surface area (Å²) in [6.07, 6.45) is 6.02. The number of anilines is 1. The Balaban J connectivity index is 1.50. The number of allylic oxidation sites excluding steroid dienone is 2. The van der Waals surface area contributed by atoms with Crippen LogP contribution in [0.5, 0.6) is 0 Å². The monoisotopic (exact) mass is 318 g/mol. The molecule has 1 saturated heterocycles. The van der Waals surface area contributed by atoms with E-state index >= 15 is 0 Å². The SMILES string of the molecule is O=C(CN1C(=O)C2C3C=CC(CC3)C2C1=O)Nc1nncs1. The van der Waals surface area contributed by atoms with Crippen LogP contribution in [0, 0.1) is 23.7 Å². The number of amides is 3. The summed E-state index contributed by atoms with van der Waals surface area (Å²) in [5, 5.41) is 10.3. The van der Waals surface area contributed by atoms with Crippen LogP contribution in [0.25, 0.3) is 0 Å². The molecule has 22 heavy (non-hydrogen) atoms. The molecule has 1 aromatic heterocycles. The van der Waals surface area contributed by atoms with Crippen LogP contribution in [0.2, 0.25) is 0 Å². The van der Waals surface area contributed by atoms with E-state index in [9.17, 15) is 14.4 Å². The molecule has 4 aliphatic rings. The molecule has 1 aliphatic heterocycles. The molecule has 0 radical (unpaired) electrons. The zero-order chi connectivity index (χ0) is 15.3. The highest BCUT2D eigenvalue weighted by molar-refractivity contribution is 7.13. The van der Waals surface area contributed by atoms with Gasteiger partial charge in [0.2, 0.25) is 22.9 Å². The van der Waals surface area contributed by atoms with Crippen LogP contribution < -0.4 is 5.32 Å². The summed E-state index contributed by atoms with van der Waals surface area (Å²) in [5.41, 5.74) is 1.50. The molecule has 2 fully saturated rings. The zero-order valence-corrected chi connectivity index (χ0v) is 12.5. The minimum atomic E-state index is -0.419. The summed E-state index contributed by atoms with van der Waals surface area (Å²) in [7, 11) is 0. The second kappa shape index (κ2) is 4.98. The minimum Gasteiger partial charge on any atom is -0.299 e. The van der Waals surface area contributed by atoms with E-state index in [1.54, 1.807) is 0 Å². The molecule has 8 heteroatoms. The molecule has 0 spiro atoms. The van der Waals surface area contributed by atoms with E-state index in [-0.39, 0.29) is 42.0 Å². The van der Waals surface area contributed by atoms with Gasteiger partial charge in [0, 0.05) is 0 Å². The normalized spacial score (nSPS) is 32.5. The minimum absolute atomic E-state index is 0.141. The van der Waals surface area contributed by atoms with Gasteiger partial charge >= 0.3 is 0 Å². The quantitative estimate of drug-likeness (QED) is 0.653. The van der Waals surface area contributed by atoms with Crippen LogP contribution in [0.1, 0.15) is 12.8 Å². The Bertz CT molecular complexity index is 640. The lowest BCUT2D eigenvalue weighted by atomic mass is 9.63. The number of hydrogen-bond acceptors (Lipinski definition) is 6. The average Bonchev–Trinajstić information content (AvgIpc) is 3.12. The standard InChI is InChI=1S/C14H14N4O3S/c19-9(16-14-17-15-6-22-14)5-18-12(20)10-7-1-2-8(4-3-7)11(10)13(18)21/h1-2,6-8,10-11H,3-5H2,(H,16,17,19). The highest BCUT2D eigenvalue weighted by atomic mass is 32.1. The number of carbonyl (C=O) groups is 3. The van der Waals surface area contributed by atoms with E-state index in [1.165, 1.54) is 16.8 Å². The van der Waals surface area contributed by atoms with Crippen LogP contribution in [-0.2, 0) is 14.4 Å². The molecule has 114 valence electrons. The van der Waals surface area contributed by atoms with Gasteiger partial charge in [0.05, 0.1) is 11.8 Å². The number of rotatable bonds is 3. The number of nitrogens with zero attached hydrogens (tertiary/aromatic N) is 3. The molecule has 7 nitrogen and oxygen atoms in total. The summed E-state index contributed by atoms with van der Waals surface area (Å²) >= 11 is 1.19. The van der Waals surface area contributed by atoms with E-state index in [2.05, 4.69) is 27.7 Å². The summed E-state index contributed by atoms with van der Waals surface area (Å²) in [6, 6.07) is 0. The predicted molar refractivity (Wildman–Crippen MR) is 77.6 cm³/mol. The molecular weight excluding hydrogens is 304 g/mol. The van der Waals surface area contributed by atoms with Crippen molar-refractivity contribution in [1.29, 1.82) is 0 Å². The number of imide groups is 1. The van der Waals surface area contributed by atoms with Crippen LogP contribution in [-0.4, -0.2) is 39.4 Å². The maximum absolute atomic E-state index is 12.5. The van der Waals surface area contributed by atoms with Crippen LogP contribution >= 0.6 is 11.3 Å². The molecule has 2 bridgehead atoms. The molecule has 1 saturated carbocycles. The lowest BCUT2D eigenvalue weighted by molar-refractivity contribution is -0.142. The first-order valence-corrected chi connectivity index (χ1v) is 8.12. The Labute approximate surface area is 130 Å². The van der Waals surface area contributed by atoms with Gasteiger partial charge in [-0.1, -0.05) is 23.5 Å². The smallest absolute Gasteiger partial charge is 0.246 e. The molecule has 4 atom stereocenters. The third-order valence-electron chi connectivity index (χ3n) is 4.76. The first kappa shape index (κ1) is 13.6. The highest BCUT2D eigenvalue weighted by Gasteiger charge is 2.56. The fraction of sp³-hybridized carbons (Fsp3) is 0.500. The number of fused-ring (bicyclic) bond motifs is 1. The molecule has 3 amide bonds. The van der Waals surface area contributed by atoms with Crippen molar-refractivity contribution in [2.75, 3.05) is 11.9 Å². The van der Waals surface area contributed by atoms with Crippen molar-refractivity contribution < 1.29 is 14.4 Å². The van der Waals surface area contributed by atoms with Crippen molar-refractivity contribution in [2.45, 2.75) is 12.8 Å². The van der Waals surface area contributed by atoms with Crippen molar-refractivity contribution >= 4 is 34.2 Å². The summed E-state index contributed by atoms with van der Waals surface area (Å²) < 4.78 is 0. The maximum atomic E-state index is 12.5. The van der Waals surface area contributed by atoms with Gasteiger partial charge in [-0.05, 0) is 24.7 Å². The second-order valence-electron chi connectivity index (χ2n) is 5.90. The summed E-state index contributed by atoms with van der Waals surface area (Å²) in [6.45, 7) is -0.246. The predicted octanol–water partition coefficient (Wildman–Crippen LogP) is 0.674. The molecule has 2 heterocycles. The van der Waals surface area contributed by atoms with Gasteiger partial charge in [-0.15, -0.1) is 10.2 Å². The number of likely N-dealkylation sites (tertiary alicyclic amines) is 1. The fourth-order valence-corrected chi connectivity index (χ4v) is 4.28. The topological polar surface area (TPSA) is 92.3 Å². The number of aromatic nitrogens is 2. The van der Waals surface area contributed by atoms with Crippen molar-refractivity contribution in [3.63, 3.8) is 0 Å². The summed E-state index contributed by atoms with van der Waals surface area (Å²) in [4.78, 5) is 38.2. The van der Waals surface area contributed by atoms with Crippen LogP contribution in [0.4, 0.5) is 5.13 Å². The maximum Gasteiger partial charge on any atom is 0.246 e. The van der Waals surface area contributed by atoms with Gasteiger partial charge in [0.1, 0.15) is 12.1 Å². The van der Waals surface area contributed by atoms with E-state index in [0.717, 1.165) is 17.7 Å². The third-order valence-corrected chi connectivity index (χ3v) is 5.37. The average molecular weight is 318 g/mol. The van der Waals surface area contributed by atoms with Crippen molar-refractivity contribution in [1.82, 2.24) is 15.1 Å². The molecule has 1 aromatic rings. The van der Waals surface area contributed by atoms with Crippen molar-refractivity contribution in [3.05, 3.63) is 17.7 Å². The zero-order valence-electron chi connectivity index (χ0n) is 11.6. The van der Waals surface area contributed by atoms with Crippen LogP contribution in [0.15, 0.2) is 17.7 Å². The van der Waals surface area contributed by atoms with E-state index in [0.29, 0.717) is 5.13 Å².